The first-order valence-corrected chi connectivity index (χ1v) is 4.53. The molecule has 1 aliphatic rings. The lowest BCUT2D eigenvalue weighted by Gasteiger charge is -2.26. The Hall–Kier alpha value is -1.50. The third-order valence-corrected chi connectivity index (χ3v) is 2.33. The molecule has 1 fully saturated rings. The number of rotatable bonds is 2. The van der Waals surface area contributed by atoms with E-state index in [1.165, 1.54) is 4.90 Å². The van der Waals surface area contributed by atoms with Crippen molar-refractivity contribution in [3.63, 3.8) is 0 Å². The van der Waals surface area contributed by atoms with E-state index in [2.05, 4.69) is 17.2 Å². The van der Waals surface area contributed by atoms with Gasteiger partial charge in [0.15, 0.2) is 0 Å². The maximum absolute atomic E-state index is 11.3. The molecule has 0 unspecified atom stereocenters. The monoisotopic (exact) mass is 194 g/mol. The highest BCUT2D eigenvalue weighted by Gasteiger charge is 2.44. The Morgan fingerprint density at radius 1 is 1.43 bits per heavy atom. The van der Waals surface area contributed by atoms with Crippen molar-refractivity contribution in [1.82, 2.24) is 10.2 Å². The zero-order chi connectivity index (χ0) is 10.8. The van der Waals surface area contributed by atoms with E-state index in [0.717, 1.165) is 0 Å². The topological polar surface area (TPSA) is 49.4 Å². The van der Waals surface area contributed by atoms with Crippen LogP contribution in [0.4, 0.5) is 4.79 Å². The van der Waals surface area contributed by atoms with E-state index >= 15 is 0 Å². The molecule has 3 amide bonds. The van der Waals surface area contributed by atoms with E-state index in [4.69, 9.17) is 0 Å². The summed E-state index contributed by atoms with van der Waals surface area (Å²) in [5.74, 6) is 5.37. The molecule has 1 saturated heterocycles. The predicted octanol–water partition coefficient (Wildman–Crippen LogP) is 0.730. The zero-order valence-electron chi connectivity index (χ0n) is 8.68. The Labute approximate surface area is 83.6 Å². The van der Waals surface area contributed by atoms with Crippen LogP contribution in [0, 0.1) is 11.8 Å². The van der Waals surface area contributed by atoms with Crippen molar-refractivity contribution in [2.45, 2.75) is 32.7 Å². The number of amides is 3. The van der Waals surface area contributed by atoms with Crippen LogP contribution in [-0.4, -0.2) is 28.9 Å². The van der Waals surface area contributed by atoms with Gasteiger partial charge in [0, 0.05) is 13.0 Å². The van der Waals surface area contributed by atoms with E-state index in [9.17, 15) is 9.59 Å². The second kappa shape index (κ2) is 3.70. The van der Waals surface area contributed by atoms with Crippen molar-refractivity contribution in [3.05, 3.63) is 0 Å². The van der Waals surface area contributed by atoms with Gasteiger partial charge in [-0.25, -0.2) is 4.79 Å². The van der Waals surface area contributed by atoms with E-state index in [1.54, 1.807) is 20.8 Å². The number of carbonyl (C=O) groups excluding carboxylic acids is 2. The SMILES string of the molecule is CC#CCCN1C(=O)NC(=O)C1(C)C. The predicted molar refractivity (Wildman–Crippen MR) is 52.4 cm³/mol. The standard InChI is InChI=1S/C10H14N2O2/c1-4-5-6-7-12-9(14)11-8(13)10(12,2)3/h6-7H2,1-3H3,(H,11,13,14). The van der Waals surface area contributed by atoms with Gasteiger partial charge in [0.1, 0.15) is 5.54 Å². The van der Waals surface area contributed by atoms with Gasteiger partial charge in [-0.15, -0.1) is 11.8 Å². The molecule has 0 spiro atoms. The van der Waals surface area contributed by atoms with Crippen LogP contribution >= 0.6 is 0 Å². The van der Waals surface area contributed by atoms with Crippen LogP contribution in [0.25, 0.3) is 0 Å². The van der Waals surface area contributed by atoms with Gasteiger partial charge in [0.2, 0.25) is 0 Å². The van der Waals surface area contributed by atoms with Gasteiger partial charge in [-0.1, -0.05) is 0 Å². The second-order valence-corrected chi connectivity index (χ2v) is 3.65. The minimum atomic E-state index is -0.744. The van der Waals surface area contributed by atoms with E-state index < -0.39 is 5.54 Å². The van der Waals surface area contributed by atoms with Gasteiger partial charge in [0.05, 0.1) is 0 Å². The molecule has 1 heterocycles. The molecule has 0 aromatic rings. The summed E-state index contributed by atoms with van der Waals surface area (Å²) < 4.78 is 0. The maximum atomic E-state index is 11.3. The van der Waals surface area contributed by atoms with E-state index in [-0.39, 0.29) is 11.9 Å². The lowest BCUT2D eigenvalue weighted by Crippen LogP contribution is -2.44. The molecule has 0 aromatic heterocycles. The molecule has 0 radical (unpaired) electrons. The molecular weight excluding hydrogens is 180 g/mol. The van der Waals surface area contributed by atoms with Crippen molar-refractivity contribution < 1.29 is 9.59 Å². The molecule has 1 aliphatic heterocycles. The van der Waals surface area contributed by atoms with Gasteiger partial charge in [0.25, 0.3) is 5.91 Å². The molecule has 14 heavy (non-hydrogen) atoms. The van der Waals surface area contributed by atoms with Crippen molar-refractivity contribution in [3.8, 4) is 11.8 Å². The molecular formula is C10H14N2O2. The first-order chi connectivity index (χ1) is 6.50. The van der Waals surface area contributed by atoms with Crippen LogP contribution in [0.15, 0.2) is 0 Å². The van der Waals surface area contributed by atoms with E-state index in [0.29, 0.717) is 13.0 Å². The van der Waals surface area contributed by atoms with Crippen molar-refractivity contribution in [1.29, 1.82) is 0 Å². The Bertz CT molecular complexity index is 323. The fraction of sp³-hybridized carbons (Fsp3) is 0.600. The molecule has 76 valence electrons. The number of carbonyl (C=O) groups is 2. The molecule has 4 heteroatoms. The summed E-state index contributed by atoms with van der Waals surface area (Å²) >= 11 is 0. The zero-order valence-corrected chi connectivity index (χ0v) is 8.68. The Morgan fingerprint density at radius 3 is 2.50 bits per heavy atom. The van der Waals surface area contributed by atoms with Crippen LogP contribution in [0.1, 0.15) is 27.2 Å². The third kappa shape index (κ3) is 1.72. The summed E-state index contributed by atoms with van der Waals surface area (Å²) in [5, 5.41) is 2.28. The van der Waals surface area contributed by atoms with Gasteiger partial charge in [-0.2, -0.15) is 0 Å². The van der Waals surface area contributed by atoms with E-state index in [1.807, 2.05) is 0 Å². The number of urea groups is 1. The van der Waals surface area contributed by atoms with Crippen molar-refractivity contribution in [2.75, 3.05) is 6.54 Å². The summed E-state index contributed by atoms with van der Waals surface area (Å²) in [6.45, 7) is 5.70. The molecule has 4 nitrogen and oxygen atoms in total. The number of nitrogens with zero attached hydrogens (tertiary/aromatic N) is 1. The second-order valence-electron chi connectivity index (χ2n) is 3.65. The summed E-state index contributed by atoms with van der Waals surface area (Å²) in [4.78, 5) is 24.2. The fourth-order valence-corrected chi connectivity index (χ4v) is 1.37. The number of nitrogens with one attached hydrogen (secondary N) is 1. The van der Waals surface area contributed by atoms with Crippen LogP contribution in [-0.2, 0) is 4.79 Å². The first kappa shape index (κ1) is 10.6. The highest BCUT2D eigenvalue weighted by molar-refractivity contribution is 6.06. The Balaban J connectivity index is 2.70. The molecule has 0 aliphatic carbocycles. The number of hydrogen-bond donors (Lipinski definition) is 1. The number of imide groups is 1. The molecule has 0 aromatic carbocycles. The average molecular weight is 194 g/mol. The van der Waals surface area contributed by atoms with Crippen molar-refractivity contribution in [2.24, 2.45) is 0 Å². The largest absolute Gasteiger partial charge is 0.325 e. The highest BCUT2D eigenvalue weighted by Crippen LogP contribution is 2.20. The summed E-state index contributed by atoms with van der Waals surface area (Å²) in [6.07, 6.45) is 0.598. The smallest absolute Gasteiger partial charge is 0.309 e. The minimum absolute atomic E-state index is 0.244. The maximum Gasteiger partial charge on any atom is 0.325 e. The Morgan fingerprint density at radius 2 is 2.07 bits per heavy atom. The van der Waals surface area contributed by atoms with Gasteiger partial charge < -0.3 is 4.90 Å². The van der Waals surface area contributed by atoms with Crippen LogP contribution in [0.5, 0.6) is 0 Å². The van der Waals surface area contributed by atoms with Crippen LogP contribution < -0.4 is 5.32 Å². The molecule has 0 saturated carbocycles. The lowest BCUT2D eigenvalue weighted by molar-refractivity contribution is -0.125. The lowest BCUT2D eigenvalue weighted by atomic mass is 10.0. The van der Waals surface area contributed by atoms with Gasteiger partial charge in [-0.05, 0) is 20.8 Å². The molecule has 1 rings (SSSR count). The first-order valence-electron chi connectivity index (χ1n) is 4.53. The third-order valence-electron chi connectivity index (χ3n) is 2.33. The van der Waals surface area contributed by atoms with Crippen molar-refractivity contribution >= 4 is 11.9 Å². The normalized spacial score (nSPS) is 18.9. The molecule has 0 bridgehead atoms. The Kier molecular flexibility index (Phi) is 2.80. The minimum Gasteiger partial charge on any atom is -0.309 e. The van der Waals surface area contributed by atoms with Crippen LogP contribution in [0.3, 0.4) is 0 Å². The highest BCUT2D eigenvalue weighted by atomic mass is 16.2. The molecule has 1 N–H and O–H groups in total. The fourth-order valence-electron chi connectivity index (χ4n) is 1.37. The van der Waals surface area contributed by atoms with Gasteiger partial charge >= 0.3 is 6.03 Å². The summed E-state index contributed by atoms with van der Waals surface area (Å²) in [6, 6.07) is -0.321. The summed E-state index contributed by atoms with van der Waals surface area (Å²) in [7, 11) is 0. The van der Waals surface area contributed by atoms with Gasteiger partial charge in [-0.3, -0.25) is 10.1 Å². The number of hydrogen-bond acceptors (Lipinski definition) is 2. The van der Waals surface area contributed by atoms with Crippen LogP contribution in [0.2, 0.25) is 0 Å². The molecule has 0 atom stereocenters. The average Bonchev–Trinajstić information content (AvgIpc) is 2.28. The summed E-state index contributed by atoms with van der Waals surface area (Å²) in [5.41, 5.74) is -0.744. The quantitative estimate of drug-likeness (QED) is 0.520.